The van der Waals surface area contributed by atoms with Crippen LogP contribution in [0.1, 0.15) is 11.5 Å². The van der Waals surface area contributed by atoms with Crippen LogP contribution in [-0.2, 0) is 0 Å². The smallest absolute Gasteiger partial charge is 0.120 e. The Morgan fingerprint density at radius 3 is 2.71 bits per heavy atom. The highest BCUT2D eigenvalue weighted by Crippen LogP contribution is 2.28. The van der Waals surface area contributed by atoms with Crippen LogP contribution in [0.5, 0.6) is 5.75 Å². The number of hydrogen-bond donors (Lipinski definition) is 2. The molecular weight excluding hydrogens is 246 g/mol. The fourth-order valence-corrected chi connectivity index (χ4v) is 1.95. The molecule has 0 aliphatic carbocycles. The van der Waals surface area contributed by atoms with E-state index in [2.05, 4.69) is 15.9 Å². The monoisotopic (exact) mass is 259 g/mol. The van der Waals surface area contributed by atoms with Gasteiger partial charge in [0.25, 0.3) is 0 Å². The lowest BCUT2D eigenvalue weighted by atomic mass is 10.0. The van der Waals surface area contributed by atoms with Gasteiger partial charge in [0.2, 0.25) is 0 Å². The van der Waals surface area contributed by atoms with E-state index in [0.29, 0.717) is 6.54 Å². The van der Waals surface area contributed by atoms with Gasteiger partial charge in [0.1, 0.15) is 5.75 Å². The van der Waals surface area contributed by atoms with Crippen molar-refractivity contribution >= 4 is 15.9 Å². The molecule has 0 radical (unpaired) electrons. The summed E-state index contributed by atoms with van der Waals surface area (Å²) in [5, 5.41) is 9.10. The summed E-state index contributed by atoms with van der Waals surface area (Å²) in [6.45, 7) is 0.489. The van der Waals surface area contributed by atoms with E-state index < -0.39 is 0 Å². The Morgan fingerprint density at radius 1 is 1.57 bits per heavy atom. The van der Waals surface area contributed by atoms with Crippen molar-refractivity contribution in [3.8, 4) is 5.75 Å². The molecule has 78 valence electrons. The maximum Gasteiger partial charge on any atom is 0.120 e. The quantitative estimate of drug-likeness (QED) is 0.862. The highest BCUT2D eigenvalue weighted by Gasteiger charge is 2.12. The zero-order valence-corrected chi connectivity index (χ0v) is 9.62. The summed E-state index contributed by atoms with van der Waals surface area (Å²) in [6, 6.07) is 5.64. The van der Waals surface area contributed by atoms with E-state index in [4.69, 9.17) is 15.6 Å². The first-order valence-electron chi connectivity index (χ1n) is 4.37. The van der Waals surface area contributed by atoms with Crippen LogP contribution in [0.15, 0.2) is 22.7 Å². The summed E-state index contributed by atoms with van der Waals surface area (Å²) in [5.41, 5.74) is 6.55. The van der Waals surface area contributed by atoms with Gasteiger partial charge >= 0.3 is 0 Å². The van der Waals surface area contributed by atoms with Gasteiger partial charge in [-0.15, -0.1) is 0 Å². The molecule has 14 heavy (non-hydrogen) atoms. The van der Waals surface area contributed by atoms with Gasteiger partial charge in [0, 0.05) is 16.9 Å². The molecule has 0 bridgehead atoms. The van der Waals surface area contributed by atoms with Gasteiger partial charge in [0.05, 0.1) is 13.7 Å². The number of benzene rings is 1. The molecule has 0 saturated carbocycles. The average Bonchev–Trinajstić information content (AvgIpc) is 2.22. The van der Waals surface area contributed by atoms with E-state index in [1.54, 1.807) is 7.11 Å². The molecule has 1 aromatic rings. The number of methoxy groups -OCH3 is 1. The second kappa shape index (κ2) is 5.34. The van der Waals surface area contributed by atoms with Crippen LogP contribution in [0.2, 0.25) is 0 Å². The van der Waals surface area contributed by atoms with Crippen molar-refractivity contribution in [3.05, 3.63) is 28.2 Å². The summed E-state index contributed by atoms with van der Waals surface area (Å²) in [4.78, 5) is 0. The highest BCUT2D eigenvalue weighted by atomic mass is 79.9. The number of hydrogen-bond acceptors (Lipinski definition) is 3. The molecule has 3 N–H and O–H groups in total. The average molecular weight is 260 g/mol. The molecule has 0 fully saturated rings. The Hall–Kier alpha value is -0.580. The second-order valence-electron chi connectivity index (χ2n) is 3.00. The third kappa shape index (κ3) is 2.47. The fraction of sp³-hybridized carbons (Fsp3) is 0.400. The van der Waals surface area contributed by atoms with E-state index in [0.717, 1.165) is 15.8 Å². The van der Waals surface area contributed by atoms with Crippen molar-refractivity contribution in [2.45, 2.75) is 5.92 Å². The molecule has 3 nitrogen and oxygen atoms in total. The second-order valence-corrected chi connectivity index (χ2v) is 3.86. The Balaban J connectivity index is 2.98. The number of halogens is 1. The molecule has 0 aliphatic rings. The van der Waals surface area contributed by atoms with Crippen LogP contribution in [0.3, 0.4) is 0 Å². The molecular formula is C10H14BrNO2. The lowest BCUT2D eigenvalue weighted by molar-refractivity contribution is 0.267. The van der Waals surface area contributed by atoms with Gasteiger partial charge in [-0.05, 0) is 17.7 Å². The highest BCUT2D eigenvalue weighted by molar-refractivity contribution is 9.10. The predicted molar refractivity (Wildman–Crippen MR) is 59.6 cm³/mol. The maximum absolute atomic E-state index is 9.10. The van der Waals surface area contributed by atoms with Crippen LogP contribution >= 0.6 is 15.9 Å². The Labute approximate surface area is 92.0 Å². The van der Waals surface area contributed by atoms with Gasteiger partial charge in [-0.1, -0.05) is 22.0 Å². The number of aliphatic hydroxyl groups is 1. The summed E-state index contributed by atoms with van der Waals surface area (Å²) >= 11 is 3.42. The van der Waals surface area contributed by atoms with E-state index in [1.807, 2.05) is 18.2 Å². The number of nitrogens with two attached hydrogens (primary N) is 1. The molecule has 1 rings (SSSR count). The topological polar surface area (TPSA) is 55.5 Å². The van der Waals surface area contributed by atoms with Crippen molar-refractivity contribution in [1.29, 1.82) is 0 Å². The Bertz CT molecular complexity index is 300. The summed E-state index contributed by atoms with van der Waals surface area (Å²) in [5.74, 6) is 0.768. The van der Waals surface area contributed by atoms with Crippen LogP contribution in [-0.4, -0.2) is 25.4 Å². The van der Waals surface area contributed by atoms with Crippen LogP contribution < -0.4 is 10.5 Å². The normalized spacial score (nSPS) is 12.6. The first-order valence-corrected chi connectivity index (χ1v) is 5.16. The summed E-state index contributed by atoms with van der Waals surface area (Å²) in [7, 11) is 1.62. The van der Waals surface area contributed by atoms with Crippen molar-refractivity contribution < 1.29 is 9.84 Å². The van der Waals surface area contributed by atoms with Crippen molar-refractivity contribution in [2.75, 3.05) is 20.3 Å². The molecule has 4 heteroatoms. The van der Waals surface area contributed by atoms with Gasteiger partial charge in [-0.25, -0.2) is 0 Å². The lowest BCUT2D eigenvalue weighted by Gasteiger charge is -2.14. The predicted octanol–water partition coefficient (Wildman–Crippen LogP) is 1.49. The largest absolute Gasteiger partial charge is 0.497 e. The zero-order valence-electron chi connectivity index (χ0n) is 8.03. The van der Waals surface area contributed by atoms with Crippen LogP contribution in [0, 0.1) is 0 Å². The summed E-state index contributed by atoms with van der Waals surface area (Å²) in [6.07, 6.45) is 0. The SMILES string of the molecule is COc1ccc(C(CN)CO)c(Br)c1. The molecule has 1 unspecified atom stereocenters. The standard InChI is InChI=1S/C10H14BrNO2/c1-14-8-2-3-9(10(11)4-8)7(5-12)6-13/h2-4,7,13H,5-6,12H2,1H3. The molecule has 0 aromatic heterocycles. The van der Waals surface area contributed by atoms with Gasteiger partial charge in [0.15, 0.2) is 0 Å². The molecule has 0 spiro atoms. The van der Waals surface area contributed by atoms with Crippen LogP contribution in [0.25, 0.3) is 0 Å². The third-order valence-corrected chi connectivity index (χ3v) is 2.84. The number of ether oxygens (including phenoxy) is 1. The molecule has 0 saturated heterocycles. The van der Waals surface area contributed by atoms with E-state index in [9.17, 15) is 0 Å². The fourth-order valence-electron chi connectivity index (χ4n) is 1.27. The van der Waals surface area contributed by atoms with E-state index in [-0.39, 0.29) is 12.5 Å². The molecule has 0 amide bonds. The third-order valence-electron chi connectivity index (χ3n) is 2.15. The minimum absolute atomic E-state index is 0.0183. The molecule has 0 heterocycles. The van der Waals surface area contributed by atoms with Gasteiger partial charge in [-0.3, -0.25) is 0 Å². The first-order chi connectivity index (χ1) is 6.72. The van der Waals surface area contributed by atoms with Crippen molar-refractivity contribution in [2.24, 2.45) is 5.73 Å². The van der Waals surface area contributed by atoms with Gasteiger partial charge < -0.3 is 15.6 Å². The molecule has 0 aliphatic heterocycles. The first kappa shape index (κ1) is 11.5. The Morgan fingerprint density at radius 2 is 2.29 bits per heavy atom. The summed E-state index contributed by atoms with van der Waals surface area (Å²) < 4.78 is 5.99. The zero-order chi connectivity index (χ0) is 10.6. The Kier molecular flexibility index (Phi) is 4.38. The lowest BCUT2D eigenvalue weighted by Crippen LogP contribution is -2.16. The van der Waals surface area contributed by atoms with Crippen LogP contribution in [0.4, 0.5) is 0 Å². The van der Waals surface area contributed by atoms with Crippen molar-refractivity contribution in [1.82, 2.24) is 0 Å². The molecule has 1 atom stereocenters. The minimum atomic E-state index is -0.0183. The number of rotatable bonds is 4. The number of aliphatic hydroxyl groups excluding tert-OH is 1. The van der Waals surface area contributed by atoms with E-state index >= 15 is 0 Å². The molecule has 1 aromatic carbocycles. The maximum atomic E-state index is 9.10. The van der Waals surface area contributed by atoms with Crippen molar-refractivity contribution in [3.63, 3.8) is 0 Å². The minimum Gasteiger partial charge on any atom is -0.497 e. The van der Waals surface area contributed by atoms with Gasteiger partial charge in [-0.2, -0.15) is 0 Å². The van der Waals surface area contributed by atoms with E-state index in [1.165, 1.54) is 0 Å².